The minimum absolute atomic E-state index is 0.0631. The van der Waals surface area contributed by atoms with E-state index in [-0.39, 0.29) is 5.91 Å². The molecule has 0 radical (unpaired) electrons. The van der Waals surface area contributed by atoms with Gasteiger partial charge in [-0.05, 0) is 37.5 Å². The van der Waals surface area contributed by atoms with Crippen LogP contribution in [0.4, 0.5) is 0 Å². The van der Waals surface area contributed by atoms with Crippen LogP contribution in [0.15, 0.2) is 24.3 Å². The Balaban J connectivity index is 1.79. The van der Waals surface area contributed by atoms with Crippen molar-refractivity contribution in [3.05, 3.63) is 29.8 Å². The molecular weight excluding hydrogens is 230 g/mol. The number of carbonyl (C=O) groups is 1. The molecule has 4 heteroatoms. The van der Waals surface area contributed by atoms with Crippen LogP contribution < -0.4 is 10.1 Å². The first-order valence-corrected chi connectivity index (χ1v) is 6.33. The highest BCUT2D eigenvalue weighted by atomic mass is 16.5. The summed E-state index contributed by atoms with van der Waals surface area (Å²) in [6.07, 6.45) is 3.44. The molecule has 0 aliphatic carbocycles. The van der Waals surface area contributed by atoms with Crippen molar-refractivity contribution in [2.45, 2.75) is 25.4 Å². The van der Waals surface area contributed by atoms with Crippen LogP contribution in [0.1, 0.15) is 29.6 Å². The highest BCUT2D eigenvalue weighted by molar-refractivity contribution is 5.94. The van der Waals surface area contributed by atoms with Gasteiger partial charge in [-0.15, -0.1) is 0 Å². The van der Waals surface area contributed by atoms with E-state index in [0.29, 0.717) is 24.0 Å². The molecule has 1 N–H and O–H groups in total. The van der Waals surface area contributed by atoms with Gasteiger partial charge in [0.2, 0.25) is 0 Å². The number of methoxy groups -OCH3 is 1. The van der Waals surface area contributed by atoms with E-state index in [1.807, 2.05) is 12.1 Å². The van der Waals surface area contributed by atoms with E-state index in [4.69, 9.17) is 9.47 Å². The van der Waals surface area contributed by atoms with Gasteiger partial charge < -0.3 is 14.8 Å². The number of rotatable bonds is 5. The van der Waals surface area contributed by atoms with Crippen molar-refractivity contribution >= 4 is 5.91 Å². The predicted molar refractivity (Wildman–Crippen MR) is 68.9 cm³/mol. The lowest BCUT2D eigenvalue weighted by atomic mass is 10.1. The zero-order chi connectivity index (χ0) is 12.8. The number of benzene rings is 1. The molecule has 1 saturated heterocycles. The van der Waals surface area contributed by atoms with E-state index < -0.39 is 0 Å². The standard InChI is InChI=1S/C14H19NO3/c1-17-13-5-2-4-11(10-13)14(16)15-8-7-12-6-3-9-18-12/h2,4-5,10,12H,3,6-9H2,1H3,(H,15,16). The first-order chi connectivity index (χ1) is 8.79. The number of hydrogen-bond acceptors (Lipinski definition) is 3. The number of hydrogen-bond donors (Lipinski definition) is 1. The molecule has 1 amide bonds. The SMILES string of the molecule is COc1cccc(C(=O)NCCC2CCCO2)c1. The van der Waals surface area contributed by atoms with Crippen LogP contribution in [0.5, 0.6) is 5.75 Å². The molecule has 0 saturated carbocycles. The topological polar surface area (TPSA) is 47.6 Å². The lowest BCUT2D eigenvalue weighted by Gasteiger charge is -2.10. The normalized spacial score (nSPS) is 18.6. The van der Waals surface area contributed by atoms with E-state index in [0.717, 1.165) is 25.9 Å². The maximum Gasteiger partial charge on any atom is 0.251 e. The van der Waals surface area contributed by atoms with E-state index in [2.05, 4.69) is 5.32 Å². The second-order valence-electron chi connectivity index (χ2n) is 4.41. The van der Waals surface area contributed by atoms with Gasteiger partial charge in [0.1, 0.15) is 5.75 Å². The average molecular weight is 249 g/mol. The second-order valence-corrected chi connectivity index (χ2v) is 4.41. The monoisotopic (exact) mass is 249 g/mol. The molecule has 1 heterocycles. The van der Waals surface area contributed by atoms with Crippen LogP contribution in [-0.4, -0.2) is 32.3 Å². The minimum atomic E-state index is -0.0631. The zero-order valence-electron chi connectivity index (χ0n) is 10.6. The molecular formula is C14H19NO3. The summed E-state index contributed by atoms with van der Waals surface area (Å²) in [6.45, 7) is 1.51. The Morgan fingerprint density at radius 3 is 3.17 bits per heavy atom. The summed E-state index contributed by atoms with van der Waals surface area (Å²) in [5, 5.41) is 2.90. The molecule has 1 fully saturated rings. The van der Waals surface area contributed by atoms with E-state index in [1.165, 1.54) is 0 Å². The van der Waals surface area contributed by atoms with Gasteiger partial charge in [0.05, 0.1) is 13.2 Å². The number of nitrogens with one attached hydrogen (secondary N) is 1. The molecule has 0 spiro atoms. The molecule has 1 aliphatic heterocycles. The Labute approximate surface area is 107 Å². The first-order valence-electron chi connectivity index (χ1n) is 6.33. The van der Waals surface area contributed by atoms with Crippen molar-refractivity contribution in [2.75, 3.05) is 20.3 Å². The molecule has 1 aliphatic rings. The van der Waals surface area contributed by atoms with Crippen molar-refractivity contribution in [3.8, 4) is 5.75 Å². The Morgan fingerprint density at radius 1 is 1.56 bits per heavy atom. The Kier molecular flexibility index (Phi) is 4.59. The number of amides is 1. The van der Waals surface area contributed by atoms with Crippen molar-refractivity contribution in [1.29, 1.82) is 0 Å². The Hall–Kier alpha value is -1.55. The third-order valence-corrected chi connectivity index (χ3v) is 3.11. The molecule has 1 unspecified atom stereocenters. The molecule has 18 heavy (non-hydrogen) atoms. The van der Waals surface area contributed by atoms with Gasteiger partial charge in [0, 0.05) is 18.7 Å². The lowest BCUT2D eigenvalue weighted by Crippen LogP contribution is -2.27. The van der Waals surface area contributed by atoms with Crippen LogP contribution >= 0.6 is 0 Å². The highest BCUT2D eigenvalue weighted by Gasteiger charge is 2.15. The Bertz CT molecular complexity index is 400. The molecule has 1 atom stereocenters. The van der Waals surface area contributed by atoms with Gasteiger partial charge in [-0.3, -0.25) is 4.79 Å². The summed E-state index contributed by atoms with van der Waals surface area (Å²) in [4.78, 5) is 11.9. The van der Waals surface area contributed by atoms with Crippen LogP contribution in [-0.2, 0) is 4.74 Å². The quantitative estimate of drug-likeness (QED) is 0.868. The smallest absolute Gasteiger partial charge is 0.251 e. The molecule has 98 valence electrons. The van der Waals surface area contributed by atoms with Gasteiger partial charge in [-0.1, -0.05) is 6.07 Å². The Morgan fingerprint density at radius 2 is 2.44 bits per heavy atom. The number of carbonyl (C=O) groups excluding carboxylic acids is 1. The molecule has 2 rings (SSSR count). The number of ether oxygens (including phenoxy) is 2. The third-order valence-electron chi connectivity index (χ3n) is 3.11. The van der Waals surface area contributed by atoms with E-state index in [1.54, 1.807) is 19.2 Å². The highest BCUT2D eigenvalue weighted by Crippen LogP contribution is 2.15. The van der Waals surface area contributed by atoms with E-state index >= 15 is 0 Å². The molecule has 4 nitrogen and oxygen atoms in total. The molecule has 1 aromatic rings. The predicted octanol–water partition coefficient (Wildman–Crippen LogP) is 1.99. The van der Waals surface area contributed by atoms with Crippen molar-refractivity contribution in [2.24, 2.45) is 0 Å². The molecule has 1 aromatic carbocycles. The largest absolute Gasteiger partial charge is 0.497 e. The van der Waals surface area contributed by atoms with E-state index in [9.17, 15) is 4.79 Å². The van der Waals surface area contributed by atoms with Gasteiger partial charge in [-0.25, -0.2) is 0 Å². The summed E-state index contributed by atoms with van der Waals surface area (Å²) in [5.74, 6) is 0.633. The molecule has 0 bridgehead atoms. The maximum atomic E-state index is 11.9. The van der Waals surface area contributed by atoms with Gasteiger partial charge in [0.25, 0.3) is 5.91 Å². The first kappa shape index (κ1) is 12.9. The molecule has 0 aromatic heterocycles. The van der Waals surface area contributed by atoms with Crippen molar-refractivity contribution in [3.63, 3.8) is 0 Å². The summed E-state index contributed by atoms with van der Waals surface area (Å²) < 4.78 is 10.6. The average Bonchev–Trinajstić information content (AvgIpc) is 2.92. The van der Waals surface area contributed by atoms with Crippen LogP contribution in [0.2, 0.25) is 0 Å². The van der Waals surface area contributed by atoms with Gasteiger partial charge in [-0.2, -0.15) is 0 Å². The summed E-state index contributed by atoms with van der Waals surface area (Å²) in [5.41, 5.74) is 0.627. The lowest BCUT2D eigenvalue weighted by molar-refractivity contribution is 0.0907. The van der Waals surface area contributed by atoms with Crippen molar-refractivity contribution in [1.82, 2.24) is 5.32 Å². The summed E-state index contributed by atoms with van der Waals surface area (Å²) in [7, 11) is 1.59. The fourth-order valence-electron chi connectivity index (χ4n) is 2.09. The van der Waals surface area contributed by atoms with Gasteiger partial charge in [0.15, 0.2) is 0 Å². The van der Waals surface area contributed by atoms with Gasteiger partial charge >= 0.3 is 0 Å². The fourth-order valence-corrected chi connectivity index (χ4v) is 2.09. The third kappa shape index (κ3) is 3.47. The van der Waals surface area contributed by atoms with Crippen LogP contribution in [0.25, 0.3) is 0 Å². The van der Waals surface area contributed by atoms with Crippen LogP contribution in [0.3, 0.4) is 0 Å². The maximum absolute atomic E-state index is 11.9. The summed E-state index contributed by atoms with van der Waals surface area (Å²) >= 11 is 0. The summed E-state index contributed by atoms with van der Waals surface area (Å²) in [6, 6.07) is 7.16. The van der Waals surface area contributed by atoms with Crippen molar-refractivity contribution < 1.29 is 14.3 Å². The fraction of sp³-hybridized carbons (Fsp3) is 0.500. The van der Waals surface area contributed by atoms with Crippen LogP contribution in [0, 0.1) is 0 Å². The zero-order valence-corrected chi connectivity index (χ0v) is 10.6. The minimum Gasteiger partial charge on any atom is -0.497 e. The second kappa shape index (κ2) is 6.40.